The number of rotatable bonds is 1. The van der Waals surface area contributed by atoms with E-state index in [-0.39, 0.29) is 5.56 Å². The molecule has 2 rings (SSSR count). The Bertz CT molecular complexity index is 481. The van der Waals surface area contributed by atoms with Crippen molar-refractivity contribution < 1.29 is 0 Å². The van der Waals surface area contributed by atoms with Crippen LogP contribution in [0.25, 0.3) is 11.0 Å². The molecule has 0 saturated heterocycles. The normalized spacial score (nSPS) is 11.3. The molecule has 0 radical (unpaired) electrons. The molecule has 0 unspecified atom stereocenters. The number of pyridine rings is 1. The van der Waals surface area contributed by atoms with Crippen molar-refractivity contribution in [2.24, 2.45) is 0 Å². The van der Waals surface area contributed by atoms with E-state index in [9.17, 15) is 4.79 Å². The second-order valence-corrected chi connectivity index (χ2v) is 3.34. The molecule has 0 saturated carbocycles. The molecule has 4 nitrogen and oxygen atoms in total. The van der Waals surface area contributed by atoms with Crippen LogP contribution in [0.3, 0.4) is 0 Å². The number of hydrogen-bond donors (Lipinski definition) is 2. The smallest absolute Gasteiger partial charge is 0.273 e. The summed E-state index contributed by atoms with van der Waals surface area (Å²) in [7, 11) is 0. The zero-order chi connectivity index (χ0) is 9.42. The Morgan fingerprint density at radius 2 is 2.23 bits per heavy atom. The van der Waals surface area contributed by atoms with Crippen molar-refractivity contribution in [3.63, 3.8) is 0 Å². The van der Waals surface area contributed by atoms with Crippen molar-refractivity contribution >= 4 is 11.0 Å². The number of imidazole rings is 1. The van der Waals surface area contributed by atoms with Crippen LogP contribution in [0.5, 0.6) is 0 Å². The van der Waals surface area contributed by atoms with E-state index >= 15 is 0 Å². The van der Waals surface area contributed by atoms with Crippen LogP contribution < -0.4 is 5.56 Å². The van der Waals surface area contributed by atoms with Gasteiger partial charge in [-0.15, -0.1) is 0 Å². The summed E-state index contributed by atoms with van der Waals surface area (Å²) in [4.78, 5) is 21.2. The fourth-order valence-corrected chi connectivity index (χ4v) is 1.24. The molecule has 2 aromatic rings. The number of nitrogens with zero attached hydrogens (tertiary/aromatic N) is 1. The van der Waals surface area contributed by atoms with Crippen LogP contribution >= 0.6 is 0 Å². The zero-order valence-corrected chi connectivity index (χ0v) is 7.59. The third-order valence-corrected chi connectivity index (χ3v) is 1.98. The second-order valence-electron chi connectivity index (χ2n) is 3.34. The first-order valence-electron chi connectivity index (χ1n) is 4.26. The standard InChI is InChI=1S/C9H11N3O/c1-5(2)8-11-6-3-4-10-9(13)7(6)12-8/h3-5H,1-2H3,(H,10,13)(H,11,12). The fourth-order valence-electron chi connectivity index (χ4n) is 1.24. The summed E-state index contributed by atoms with van der Waals surface area (Å²) in [6.07, 6.45) is 1.61. The first kappa shape index (κ1) is 8.04. The SMILES string of the molecule is CC(C)c1nc2cc[nH]c(=O)c2[nH]1. The highest BCUT2D eigenvalue weighted by Gasteiger charge is 2.07. The van der Waals surface area contributed by atoms with Crippen LogP contribution in [0.15, 0.2) is 17.1 Å². The molecule has 0 fully saturated rings. The van der Waals surface area contributed by atoms with Crippen LogP contribution in [0, 0.1) is 0 Å². The molecule has 0 spiro atoms. The number of H-pyrrole nitrogens is 2. The first-order valence-corrected chi connectivity index (χ1v) is 4.26. The lowest BCUT2D eigenvalue weighted by molar-refractivity contribution is 0.799. The van der Waals surface area contributed by atoms with Crippen molar-refractivity contribution in [2.75, 3.05) is 0 Å². The van der Waals surface area contributed by atoms with Gasteiger partial charge in [-0.1, -0.05) is 13.8 Å². The van der Waals surface area contributed by atoms with Crippen LogP contribution in [0.2, 0.25) is 0 Å². The van der Waals surface area contributed by atoms with Crippen molar-refractivity contribution in [2.45, 2.75) is 19.8 Å². The van der Waals surface area contributed by atoms with Crippen LogP contribution in [-0.2, 0) is 0 Å². The summed E-state index contributed by atoms with van der Waals surface area (Å²) in [6, 6.07) is 1.79. The molecule has 2 N–H and O–H groups in total. The van der Waals surface area contributed by atoms with Gasteiger partial charge < -0.3 is 9.97 Å². The van der Waals surface area contributed by atoms with Crippen molar-refractivity contribution in [1.82, 2.24) is 15.0 Å². The number of nitrogens with one attached hydrogen (secondary N) is 2. The Labute approximate surface area is 75.0 Å². The lowest BCUT2D eigenvalue weighted by Gasteiger charge is -1.95. The van der Waals surface area contributed by atoms with Gasteiger partial charge in [0.15, 0.2) is 0 Å². The van der Waals surface area contributed by atoms with Gasteiger partial charge in [-0.2, -0.15) is 0 Å². The van der Waals surface area contributed by atoms with Gasteiger partial charge in [0.25, 0.3) is 5.56 Å². The number of hydrogen-bond acceptors (Lipinski definition) is 2. The van der Waals surface area contributed by atoms with Gasteiger partial charge in [0.2, 0.25) is 0 Å². The van der Waals surface area contributed by atoms with E-state index in [1.165, 1.54) is 0 Å². The third kappa shape index (κ3) is 1.24. The molecular formula is C9H11N3O. The van der Waals surface area contributed by atoms with Gasteiger partial charge in [0.05, 0.1) is 5.52 Å². The number of aromatic amines is 2. The Kier molecular flexibility index (Phi) is 1.69. The van der Waals surface area contributed by atoms with E-state index in [0.717, 1.165) is 11.3 Å². The van der Waals surface area contributed by atoms with E-state index in [1.807, 2.05) is 13.8 Å². The predicted octanol–water partition coefficient (Wildman–Crippen LogP) is 1.37. The molecule has 0 aliphatic rings. The van der Waals surface area contributed by atoms with E-state index in [0.29, 0.717) is 11.4 Å². The monoisotopic (exact) mass is 177 g/mol. The van der Waals surface area contributed by atoms with Crippen molar-refractivity contribution in [3.8, 4) is 0 Å². The summed E-state index contributed by atoms with van der Waals surface area (Å²) in [5.41, 5.74) is 1.18. The molecule has 13 heavy (non-hydrogen) atoms. The van der Waals surface area contributed by atoms with Gasteiger partial charge in [-0.3, -0.25) is 4.79 Å². The molecule has 0 atom stereocenters. The predicted molar refractivity (Wildman–Crippen MR) is 50.8 cm³/mol. The summed E-state index contributed by atoms with van der Waals surface area (Å²) in [5, 5.41) is 0. The first-order chi connectivity index (χ1) is 6.18. The summed E-state index contributed by atoms with van der Waals surface area (Å²) in [6.45, 7) is 4.07. The quantitative estimate of drug-likeness (QED) is 0.691. The van der Waals surface area contributed by atoms with Crippen LogP contribution in [-0.4, -0.2) is 15.0 Å². The largest absolute Gasteiger partial charge is 0.337 e. The van der Waals surface area contributed by atoms with Gasteiger partial charge in [0, 0.05) is 12.1 Å². The minimum atomic E-state index is -0.114. The van der Waals surface area contributed by atoms with Crippen LogP contribution in [0.4, 0.5) is 0 Å². The molecule has 4 heteroatoms. The second kappa shape index (κ2) is 2.73. The Balaban J connectivity index is 2.76. The van der Waals surface area contributed by atoms with E-state index in [2.05, 4.69) is 15.0 Å². The maximum atomic E-state index is 11.3. The lowest BCUT2D eigenvalue weighted by Crippen LogP contribution is -2.04. The van der Waals surface area contributed by atoms with Crippen LogP contribution in [0.1, 0.15) is 25.6 Å². The highest BCUT2D eigenvalue weighted by molar-refractivity contribution is 5.73. The van der Waals surface area contributed by atoms with Gasteiger partial charge in [0.1, 0.15) is 11.3 Å². The average Bonchev–Trinajstić information content (AvgIpc) is 2.49. The Morgan fingerprint density at radius 1 is 1.46 bits per heavy atom. The van der Waals surface area contributed by atoms with E-state index in [1.54, 1.807) is 12.3 Å². The molecule has 2 heterocycles. The maximum absolute atomic E-state index is 11.3. The van der Waals surface area contributed by atoms with Gasteiger partial charge in [-0.25, -0.2) is 4.98 Å². The summed E-state index contributed by atoms with van der Waals surface area (Å²) >= 11 is 0. The van der Waals surface area contributed by atoms with E-state index in [4.69, 9.17) is 0 Å². The molecule has 68 valence electrons. The molecule has 0 aliphatic heterocycles. The highest BCUT2D eigenvalue weighted by Crippen LogP contribution is 2.13. The summed E-state index contributed by atoms with van der Waals surface area (Å²) in [5.74, 6) is 1.17. The highest BCUT2D eigenvalue weighted by atomic mass is 16.1. The van der Waals surface area contributed by atoms with Gasteiger partial charge in [-0.05, 0) is 6.07 Å². The zero-order valence-electron chi connectivity index (χ0n) is 7.59. The van der Waals surface area contributed by atoms with Gasteiger partial charge >= 0.3 is 0 Å². The average molecular weight is 177 g/mol. The molecule has 0 amide bonds. The Hall–Kier alpha value is -1.58. The number of fused-ring (bicyclic) bond motifs is 1. The van der Waals surface area contributed by atoms with Crippen molar-refractivity contribution in [1.29, 1.82) is 0 Å². The topological polar surface area (TPSA) is 61.5 Å². The van der Waals surface area contributed by atoms with E-state index < -0.39 is 0 Å². The lowest BCUT2D eigenvalue weighted by atomic mass is 10.2. The maximum Gasteiger partial charge on any atom is 0.273 e. The summed E-state index contributed by atoms with van der Waals surface area (Å²) < 4.78 is 0. The minimum absolute atomic E-state index is 0.114. The molecular weight excluding hydrogens is 166 g/mol. The number of aromatic nitrogens is 3. The van der Waals surface area contributed by atoms with Crippen molar-refractivity contribution in [3.05, 3.63) is 28.4 Å². The fraction of sp³-hybridized carbons (Fsp3) is 0.333. The molecule has 0 bridgehead atoms. The Morgan fingerprint density at radius 3 is 2.85 bits per heavy atom. The molecule has 0 aliphatic carbocycles. The molecule has 0 aromatic carbocycles. The minimum Gasteiger partial charge on any atom is -0.337 e. The third-order valence-electron chi connectivity index (χ3n) is 1.98. The molecule has 2 aromatic heterocycles.